The van der Waals surface area contributed by atoms with Gasteiger partial charge in [-0.2, -0.15) is 0 Å². The van der Waals surface area contributed by atoms with Crippen LogP contribution in [-0.4, -0.2) is 47.5 Å². The lowest BCUT2D eigenvalue weighted by Crippen LogP contribution is -2.31. The lowest BCUT2D eigenvalue weighted by molar-refractivity contribution is 0.254. The van der Waals surface area contributed by atoms with Gasteiger partial charge in [0.2, 0.25) is 0 Å². The van der Waals surface area contributed by atoms with Crippen LogP contribution >= 0.6 is 0 Å². The number of methoxy groups -OCH3 is 2. The summed E-state index contributed by atoms with van der Waals surface area (Å²) in [5, 5.41) is 34.3. The van der Waals surface area contributed by atoms with E-state index in [9.17, 15) is 15.3 Å². The summed E-state index contributed by atoms with van der Waals surface area (Å²) in [4.78, 5) is 2.46. The van der Waals surface area contributed by atoms with E-state index in [-0.39, 0.29) is 19.8 Å². The Morgan fingerprint density at radius 1 is 0.839 bits per heavy atom. The Morgan fingerprint density at radius 3 is 2.16 bits per heavy atom. The van der Waals surface area contributed by atoms with Gasteiger partial charge in [-0.1, -0.05) is 6.92 Å². The van der Waals surface area contributed by atoms with Gasteiger partial charge in [0, 0.05) is 24.2 Å². The van der Waals surface area contributed by atoms with Gasteiger partial charge in [0.15, 0.2) is 0 Å². The molecule has 1 aliphatic rings. The second kappa shape index (κ2) is 9.01. The summed E-state index contributed by atoms with van der Waals surface area (Å²) in [6.45, 7) is 4.48. The molecule has 0 amide bonds. The third-order valence-corrected chi connectivity index (χ3v) is 6.52. The van der Waals surface area contributed by atoms with Crippen molar-refractivity contribution in [3.05, 3.63) is 46.0 Å². The van der Waals surface area contributed by atoms with E-state index >= 15 is 0 Å². The van der Waals surface area contributed by atoms with Gasteiger partial charge < -0.3 is 24.8 Å². The number of hydrogen-bond donors (Lipinski definition) is 3. The predicted molar refractivity (Wildman–Crippen MR) is 122 cm³/mol. The highest BCUT2D eigenvalue weighted by Gasteiger charge is 2.26. The van der Waals surface area contributed by atoms with E-state index < -0.39 is 0 Å². The van der Waals surface area contributed by atoms with E-state index in [0.29, 0.717) is 28.2 Å². The van der Waals surface area contributed by atoms with Crippen LogP contribution in [0.15, 0.2) is 18.2 Å². The maximum absolute atomic E-state index is 10.3. The summed E-state index contributed by atoms with van der Waals surface area (Å²) in [7, 11) is 3.21. The second-order valence-electron chi connectivity index (χ2n) is 8.13. The number of nitrogens with zero attached hydrogens (tertiary/aromatic N) is 1. The fourth-order valence-corrected chi connectivity index (χ4v) is 5.09. The van der Waals surface area contributed by atoms with E-state index in [1.165, 1.54) is 11.1 Å². The molecule has 3 N–H and O–H groups in total. The number of aliphatic hydroxyl groups is 3. The zero-order valence-corrected chi connectivity index (χ0v) is 18.5. The van der Waals surface area contributed by atoms with Crippen LogP contribution in [0.3, 0.4) is 0 Å². The number of hydrogen-bond acceptors (Lipinski definition) is 6. The Morgan fingerprint density at radius 2 is 1.55 bits per heavy atom. The molecule has 0 spiro atoms. The van der Waals surface area contributed by atoms with Crippen LogP contribution in [0.1, 0.15) is 41.2 Å². The van der Waals surface area contributed by atoms with Crippen molar-refractivity contribution < 1.29 is 24.8 Å². The summed E-state index contributed by atoms with van der Waals surface area (Å²) >= 11 is 0. The van der Waals surface area contributed by atoms with Crippen molar-refractivity contribution in [3.8, 4) is 11.5 Å². The molecule has 0 saturated carbocycles. The van der Waals surface area contributed by atoms with Crippen molar-refractivity contribution in [1.82, 2.24) is 4.90 Å². The molecule has 0 bridgehead atoms. The Bertz CT molecular complexity index is 1120. The van der Waals surface area contributed by atoms with Gasteiger partial charge in [0.1, 0.15) is 11.5 Å². The molecular formula is C25H31NO5. The van der Waals surface area contributed by atoms with Gasteiger partial charge >= 0.3 is 0 Å². The smallest absolute Gasteiger partial charge is 0.125 e. The quantitative estimate of drug-likeness (QED) is 0.504. The molecule has 0 fully saturated rings. The normalized spacial score (nSPS) is 14.3. The highest BCUT2D eigenvalue weighted by atomic mass is 16.5. The van der Waals surface area contributed by atoms with Crippen LogP contribution in [0.2, 0.25) is 0 Å². The summed E-state index contributed by atoms with van der Waals surface area (Å²) < 4.78 is 11.2. The molecule has 0 aromatic heterocycles. The number of aliphatic hydroxyl groups excluding tert-OH is 3. The van der Waals surface area contributed by atoms with Gasteiger partial charge in [0.25, 0.3) is 0 Å². The SMILES string of the molecule is CCCN1CCc2c(c3cc(OC)c(CO)cc3c3c(CO)c(CO)c(OC)cc23)C1. The molecule has 0 atom stereocenters. The van der Waals surface area contributed by atoms with E-state index in [0.717, 1.165) is 54.0 Å². The Balaban J connectivity index is 2.18. The van der Waals surface area contributed by atoms with Gasteiger partial charge in [-0.05, 0) is 75.8 Å². The van der Waals surface area contributed by atoms with Crippen molar-refractivity contribution in [2.45, 2.75) is 46.1 Å². The van der Waals surface area contributed by atoms with Crippen molar-refractivity contribution in [2.24, 2.45) is 0 Å². The molecular weight excluding hydrogens is 394 g/mol. The Kier molecular flexibility index (Phi) is 6.34. The molecule has 3 aromatic carbocycles. The molecule has 3 aromatic rings. The topological polar surface area (TPSA) is 82.4 Å². The van der Waals surface area contributed by atoms with Crippen LogP contribution in [-0.2, 0) is 32.8 Å². The molecule has 1 heterocycles. The first-order valence-corrected chi connectivity index (χ1v) is 10.8. The number of fused-ring (bicyclic) bond motifs is 6. The zero-order chi connectivity index (χ0) is 22.1. The standard InChI is InChI=1S/C25H31NO5/c1-4-6-26-7-5-16-19-10-24(31-3)21(13-28)22(14-29)25(19)18-8-15(12-27)23(30-2)9-17(18)20(16)11-26/h8-10,27-29H,4-7,11-14H2,1-3H3. The molecule has 0 saturated heterocycles. The monoisotopic (exact) mass is 425 g/mol. The van der Waals surface area contributed by atoms with E-state index in [2.05, 4.69) is 11.8 Å². The highest BCUT2D eigenvalue weighted by Crippen LogP contribution is 2.43. The van der Waals surface area contributed by atoms with Crippen LogP contribution in [0, 0.1) is 0 Å². The number of rotatable bonds is 7. The summed E-state index contributed by atoms with van der Waals surface area (Å²) in [6.07, 6.45) is 2.00. The molecule has 4 rings (SSSR count). The Labute approximate surface area is 182 Å². The fraction of sp³-hybridized carbons (Fsp3) is 0.440. The molecule has 1 aliphatic heterocycles. The molecule has 0 radical (unpaired) electrons. The molecule has 0 aliphatic carbocycles. The van der Waals surface area contributed by atoms with Crippen LogP contribution < -0.4 is 9.47 Å². The van der Waals surface area contributed by atoms with E-state index in [4.69, 9.17) is 9.47 Å². The third kappa shape index (κ3) is 3.53. The summed E-state index contributed by atoms with van der Waals surface area (Å²) in [5.41, 5.74) is 4.49. The lowest BCUT2D eigenvalue weighted by atomic mass is 9.84. The Hall–Kier alpha value is -2.38. The maximum Gasteiger partial charge on any atom is 0.125 e. The molecule has 31 heavy (non-hydrogen) atoms. The molecule has 0 unspecified atom stereocenters. The number of benzene rings is 3. The highest BCUT2D eigenvalue weighted by molar-refractivity contribution is 6.14. The minimum absolute atomic E-state index is 0.142. The first kappa shape index (κ1) is 21.8. The predicted octanol–water partition coefficient (Wildman–Crippen LogP) is 3.26. The average Bonchev–Trinajstić information content (AvgIpc) is 2.81. The fourth-order valence-electron chi connectivity index (χ4n) is 5.09. The van der Waals surface area contributed by atoms with Gasteiger partial charge in [0.05, 0.1) is 34.0 Å². The van der Waals surface area contributed by atoms with Crippen molar-refractivity contribution in [2.75, 3.05) is 27.3 Å². The van der Waals surface area contributed by atoms with E-state index in [1.54, 1.807) is 14.2 Å². The molecule has 6 nitrogen and oxygen atoms in total. The minimum atomic E-state index is -0.221. The second-order valence-corrected chi connectivity index (χ2v) is 8.13. The largest absolute Gasteiger partial charge is 0.496 e. The number of ether oxygens (including phenoxy) is 2. The van der Waals surface area contributed by atoms with Crippen molar-refractivity contribution in [1.29, 1.82) is 0 Å². The molecule has 166 valence electrons. The van der Waals surface area contributed by atoms with Crippen LogP contribution in [0.25, 0.3) is 21.5 Å². The summed E-state index contributed by atoms with van der Waals surface area (Å²) in [6, 6.07) is 5.97. The molecule has 6 heteroatoms. The maximum atomic E-state index is 10.3. The van der Waals surface area contributed by atoms with Gasteiger partial charge in [-0.25, -0.2) is 0 Å². The zero-order valence-electron chi connectivity index (χ0n) is 18.5. The van der Waals surface area contributed by atoms with Crippen LogP contribution in [0.5, 0.6) is 11.5 Å². The minimum Gasteiger partial charge on any atom is -0.496 e. The van der Waals surface area contributed by atoms with Gasteiger partial charge in [-0.15, -0.1) is 0 Å². The van der Waals surface area contributed by atoms with Gasteiger partial charge in [-0.3, -0.25) is 4.90 Å². The van der Waals surface area contributed by atoms with E-state index in [1.807, 2.05) is 18.2 Å². The van der Waals surface area contributed by atoms with Crippen molar-refractivity contribution >= 4 is 21.5 Å². The first-order valence-electron chi connectivity index (χ1n) is 10.8. The average molecular weight is 426 g/mol. The van der Waals surface area contributed by atoms with Crippen LogP contribution in [0.4, 0.5) is 0 Å². The lowest BCUT2D eigenvalue weighted by Gasteiger charge is -2.32. The van der Waals surface area contributed by atoms with Crippen molar-refractivity contribution in [3.63, 3.8) is 0 Å². The third-order valence-electron chi connectivity index (χ3n) is 6.52. The summed E-state index contributed by atoms with van der Waals surface area (Å²) in [5.74, 6) is 1.25. The first-order chi connectivity index (χ1) is 15.1.